The second-order valence-electron chi connectivity index (χ2n) is 4.97. The summed E-state index contributed by atoms with van der Waals surface area (Å²) in [6.07, 6.45) is 0.746. The molecule has 122 valence electrons. The lowest BCUT2D eigenvalue weighted by molar-refractivity contribution is -0.129. The highest BCUT2D eigenvalue weighted by Crippen LogP contribution is 2.06. The van der Waals surface area contributed by atoms with Gasteiger partial charge in [0, 0.05) is 40.3 Å². The molecule has 0 radical (unpaired) electrons. The average molecular weight is 310 g/mol. The van der Waals surface area contributed by atoms with Gasteiger partial charge in [-0.1, -0.05) is 18.2 Å². The Balaban J connectivity index is 2.33. The lowest BCUT2D eigenvalue weighted by atomic mass is 10.1. The van der Waals surface area contributed by atoms with E-state index < -0.39 is 0 Å². The van der Waals surface area contributed by atoms with Gasteiger partial charge in [-0.3, -0.25) is 9.59 Å². The third-order valence-electron chi connectivity index (χ3n) is 3.23. The molecule has 0 aliphatic rings. The summed E-state index contributed by atoms with van der Waals surface area (Å²) in [4.78, 5) is 24.9. The number of methoxy groups -OCH3 is 1. The molecule has 1 N–H and O–H groups in total. The molecule has 6 heteroatoms. The van der Waals surface area contributed by atoms with Crippen LogP contribution in [0.4, 0.5) is 4.39 Å². The van der Waals surface area contributed by atoms with Crippen molar-refractivity contribution in [3.8, 4) is 0 Å². The van der Waals surface area contributed by atoms with Crippen molar-refractivity contribution in [1.29, 1.82) is 0 Å². The van der Waals surface area contributed by atoms with Gasteiger partial charge in [0.15, 0.2) is 0 Å². The van der Waals surface area contributed by atoms with E-state index in [0.29, 0.717) is 31.8 Å². The fourth-order valence-electron chi connectivity index (χ4n) is 2.03. The van der Waals surface area contributed by atoms with Crippen molar-refractivity contribution in [2.75, 3.05) is 33.4 Å². The maximum Gasteiger partial charge on any atom is 0.224 e. The van der Waals surface area contributed by atoms with Crippen molar-refractivity contribution in [3.63, 3.8) is 0 Å². The van der Waals surface area contributed by atoms with Crippen LogP contribution in [0.2, 0.25) is 0 Å². The number of carbonyl (C=O) groups excluding carboxylic acids is 2. The van der Waals surface area contributed by atoms with Crippen LogP contribution < -0.4 is 5.32 Å². The summed E-state index contributed by atoms with van der Waals surface area (Å²) in [5.74, 6) is -0.687. The molecule has 0 aliphatic heterocycles. The van der Waals surface area contributed by atoms with Crippen LogP contribution in [-0.2, 0) is 20.7 Å². The van der Waals surface area contributed by atoms with Gasteiger partial charge in [0.25, 0.3) is 0 Å². The van der Waals surface area contributed by atoms with Crippen molar-refractivity contribution in [2.24, 2.45) is 0 Å². The lowest BCUT2D eigenvalue weighted by Gasteiger charge is -2.21. The maximum atomic E-state index is 13.4. The molecule has 1 aromatic carbocycles. The molecule has 0 aliphatic carbocycles. The van der Waals surface area contributed by atoms with Crippen LogP contribution in [-0.4, -0.2) is 50.1 Å². The van der Waals surface area contributed by atoms with Crippen molar-refractivity contribution in [1.82, 2.24) is 10.2 Å². The van der Waals surface area contributed by atoms with E-state index in [1.165, 1.54) is 13.0 Å². The van der Waals surface area contributed by atoms with Gasteiger partial charge in [-0.15, -0.1) is 0 Å². The molecule has 0 heterocycles. The molecule has 0 fully saturated rings. The summed E-state index contributed by atoms with van der Waals surface area (Å²) in [7, 11) is 1.61. The number of hydrogen-bond donors (Lipinski definition) is 1. The van der Waals surface area contributed by atoms with Crippen molar-refractivity contribution in [3.05, 3.63) is 35.6 Å². The number of nitrogens with one attached hydrogen (secondary N) is 1. The third kappa shape index (κ3) is 6.67. The van der Waals surface area contributed by atoms with E-state index in [-0.39, 0.29) is 24.1 Å². The minimum absolute atomic E-state index is 0.00355. The molecular weight excluding hydrogens is 287 g/mol. The number of rotatable bonds is 9. The molecule has 0 atom stereocenters. The highest BCUT2D eigenvalue weighted by atomic mass is 19.1. The summed E-state index contributed by atoms with van der Waals surface area (Å²) in [5, 5.41) is 2.70. The Morgan fingerprint density at radius 3 is 2.64 bits per heavy atom. The highest BCUT2D eigenvalue weighted by molar-refractivity contribution is 5.78. The molecule has 2 amide bonds. The molecule has 0 spiro atoms. The van der Waals surface area contributed by atoms with Gasteiger partial charge in [0.05, 0.1) is 6.42 Å². The monoisotopic (exact) mass is 310 g/mol. The van der Waals surface area contributed by atoms with E-state index in [2.05, 4.69) is 5.32 Å². The summed E-state index contributed by atoms with van der Waals surface area (Å²) < 4.78 is 18.4. The number of benzene rings is 1. The molecule has 0 unspecified atom stereocenters. The largest absolute Gasteiger partial charge is 0.385 e. The average Bonchev–Trinajstić information content (AvgIpc) is 2.48. The van der Waals surface area contributed by atoms with E-state index in [4.69, 9.17) is 4.74 Å². The number of ether oxygens (including phenoxy) is 1. The topological polar surface area (TPSA) is 58.6 Å². The van der Waals surface area contributed by atoms with Crippen LogP contribution in [0, 0.1) is 5.82 Å². The van der Waals surface area contributed by atoms with Gasteiger partial charge in [0.2, 0.25) is 11.8 Å². The predicted octanol–water partition coefficient (Wildman–Crippen LogP) is 1.37. The SMILES string of the molecule is COCCCN(CCNC(=O)Cc1ccccc1F)C(C)=O. The van der Waals surface area contributed by atoms with E-state index in [1.807, 2.05) is 0 Å². The smallest absolute Gasteiger partial charge is 0.224 e. The zero-order chi connectivity index (χ0) is 16.4. The van der Waals surface area contributed by atoms with E-state index >= 15 is 0 Å². The maximum absolute atomic E-state index is 13.4. The molecule has 1 rings (SSSR count). The van der Waals surface area contributed by atoms with E-state index in [9.17, 15) is 14.0 Å². The molecule has 1 aromatic rings. The first-order chi connectivity index (χ1) is 10.5. The summed E-state index contributed by atoms with van der Waals surface area (Å²) >= 11 is 0. The van der Waals surface area contributed by atoms with Crippen LogP contribution in [0.5, 0.6) is 0 Å². The quantitative estimate of drug-likeness (QED) is 0.701. The van der Waals surface area contributed by atoms with Gasteiger partial charge < -0.3 is 15.0 Å². The molecule has 0 saturated carbocycles. The van der Waals surface area contributed by atoms with Crippen LogP contribution in [0.3, 0.4) is 0 Å². The van der Waals surface area contributed by atoms with Gasteiger partial charge in [-0.05, 0) is 18.1 Å². The van der Waals surface area contributed by atoms with Gasteiger partial charge in [0.1, 0.15) is 5.82 Å². The van der Waals surface area contributed by atoms with Crippen molar-refractivity contribution < 1.29 is 18.7 Å². The predicted molar refractivity (Wildman–Crippen MR) is 81.9 cm³/mol. The Kier molecular flexibility index (Phi) is 8.14. The number of carbonyl (C=O) groups is 2. The standard InChI is InChI=1S/C16H23FN2O3/c1-13(20)19(9-5-11-22-2)10-8-18-16(21)12-14-6-3-4-7-15(14)17/h3-4,6-7H,5,8-12H2,1-2H3,(H,18,21). The lowest BCUT2D eigenvalue weighted by Crippen LogP contribution is -2.38. The Morgan fingerprint density at radius 1 is 1.27 bits per heavy atom. The van der Waals surface area contributed by atoms with Crippen LogP contribution in [0.25, 0.3) is 0 Å². The minimum Gasteiger partial charge on any atom is -0.385 e. The third-order valence-corrected chi connectivity index (χ3v) is 3.23. The zero-order valence-electron chi connectivity index (χ0n) is 13.1. The summed E-state index contributed by atoms with van der Waals surface area (Å²) in [6, 6.07) is 6.19. The fourth-order valence-corrected chi connectivity index (χ4v) is 2.03. The molecule has 5 nitrogen and oxygen atoms in total. The number of halogens is 1. The Morgan fingerprint density at radius 2 is 2.00 bits per heavy atom. The first kappa shape index (κ1) is 18.1. The second-order valence-corrected chi connectivity index (χ2v) is 4.97. The molecule has 0 bridgehead atoms. The van der Waals surface area contributed by atoms with E-state index in [0.717, 1.165) is 6.42 Å². The second kappa shape index (κ2) is 9.89. The molecule has 22 heavy (non-hydrogen) atoms. The zero-order valence-corrected chi connectivity index (χ0v) is 13.1. The van der Waals surface area contributed by atoms with Crippen molar-refractivity contribution in [2.45, 2.75) is 19.8 Å². The molecule has 0 aromatic heterocycles. The van der Waals surface area contributed by atoms with Crippen LogP contribution in [0.1, 0.15) is 18.9 Å². The number of amides is 2. The highest BCUT2D eigenvalue weighted by Gasteiger charge is 2.10. The molecule has 0 saturated heterocycles. The van der Waals surface area contributed by atoms with Gasteiger partial charge >= 0.3 is 0 Å². The van der Waals surface area contributed by atoms with Crippen molar-refractivity contribution >= 4 is 11.8 Å². The fraction of sp³-hybridized carbons (Fsp3) is 0.500. The Bertz CT molecular complexity index is 494. The Labute approximate surface area is 130 Å². The van der Waals surface area contributed by atoms with E-state index in [1.54, 1.807) is 30.2 Å². The normalized spacial score (nSPS) is 10.3. The molecular formula is C16H23FN2O3. The van der Waals surface area contributed by atoms with Gasteiger partial charge in [-0.2, -0.15) is 0 Å². The van der Waals surface area contributed by atoms with Gasteiger partial charge in [-0.25, -0.2) is 4.39 Å². The minimum atomic E-state index is -0.387. The van der Waals surface area contributed by atoms with Crippen LogP contribution >= 0.6 is 0 Å². The van der Waals surface area contributed by atoms with Crippen LogP contribution in [0.15, 0.2) is 24.3 Å². The number of nitrogens with zero attached hydrogens (tertiary/aromatic N) is 1. The summed E-state index contributed by atoms with van der Waals surface area (Å²) in [6.45, 7) is 3.45. The first-order valence-corrected chi connectivity index (χ1v) is 7.29. The first-order valence-electron chi connectivity index (χ1n) is 7.29. The number of hydrogen-bond acceptors (Lipinski definition) is 3. The summed E-state index contributed by atoms with van der Waals surface area (Å²) in [5.41, 5.74) is 0.364. The Hall–Kier alpha value is -1.95.